The zero-order valence-electron chi connectivity index (χ0n) is 18.4. The Kier molecular flexibility index (Phi) is 6.85. The van der Waals surface area contributed by atoms with Crippen LogP contribution in [0.3, 0.4) is 0 Å². The van der Waals surface area contributed by atoms with Crippen LogP contribution in [0.15, 0.2) is 78.9 Å². The van der Waals surface area contributed by atoms with Gasteiger partial charge in [-0.25, -0.2) is 0 Å². The summed E-state index contributed by atoms with van der Waals surface area (Å²) in [5, 5.41) is 5.95. The molecule has 0 spiro atoms. The molecule has 1 heterocycles. The van der Waals surface area contributed by atoms with Gasteiger partial charge in [0.15, 0.2) is 0 Å². The highest BCUT2D eigenvalue weighted by molar-refractivity contribution is 6.01. The number of carbonyl (C=O) groups excluding carboxylic acids is 2. The van der Waals surface area contributed by atoms with Gasteiger partial charge in [0.1, 0.15) is 6.04 Å². The van der Waals surface area contributed by atoms with E-state index in [1.165, 1.54) is 18.5 Å². The predicted octanol–water partition coefficient (Wildman–Crippen LogP) is 4.58. The molecule has 1 fully saturated rings. The summed E-state index contributed by atoms with van der Waals surface area (Å²) in [4.78, 5) is 28.4. The summed E-state index contributed by atoms with van der Waals surface area (Å²) in [6, 6.07) is 24.2. The second kappa shape index (κ2) is 10.1. The Hall–Kier alpha value is -3.60. The van der Waals surface area contributed by atoms with Crippen molar-refractivity contribution in [2.75, 3.05) is 23.3 Å². The Bertz CT molecular complexity index is 1060. The van der Waals surface area contributed by atoms with Gasteiger partial charge in [-0.05, 0) is 61.2 Å². The summed E-state index contributed by atoms with van der Waals surface area (Å²) in [5.74, 6) is -0.488. The van der Waals surface area contributed by atoms with E-state index in [9.17, 15) is 9.59 Å². The molecular formula is C27H29N3O2. The first-order chi connectivity index (χ1) is 15.6. The average Bonchev–Trinajstić information content (AvgIpc) is 3.36. The Morgan fingerprint density at radius 2 is 1.56 bits per heavy atom. The van der Waals surface area contributed by atoms with Gasteiger partial charge in [-0.3, -0.25) is 9.59 Å². The highest BCUT2D eigenvalue weighted by Gasteiger charge is 2.23. The van der Waals surface area contributed by atoms with Crippen molar-refractivity contribution in [3.63, 3.8) is 0 Å². The highest BCUT2D eigenvalue weighted by Crippen LogP contribution is 2.25. The van der Waals surface area contributed by atoms with Gasteiger partial charge in [0, 0.05) is 36.4 Å². The van der Waals surface area contributed by atoms with Crippen molar-refractivity contribution in [1.82, 2.24) is 5.32 Å². The average molecular weight is 428 g/mol. The van der Waals surface area contributed by atoms with E-state index >= 15 is 0 Å². The number of benzene rings is 3. The zero-order valence-corrected chi connectivity index (χ0v) is 18.4. The van der Waals surface area contributed by atoms with Crippen molar-refractivity contribution >= 4 is 23.2 Å². The minimum Gasteiger partial charge on any atom is -0.372 e. The van der Waals surface area contributed by atoms with Gasteiger partial charge in [0.25, 0.3) is 5.91 Å². The highest BCUT2D eigenvalue weighted by atomic mass is 16.2. The summed E-state index contributed by atoms with van der Waals surface area (Å²) < 4.78 is 0. The molecule has 2 N–H and O–H groups in total. The van der Waals surface area contributed by atoms with Crippen molar-refractivity contribution in [3.05, 3.63) is 95.6 Å². The van der Waals surface area contributed by atoms with E-state index in [1.807, 2.05) is 61.5 Å². The number of carbonyl (C=O) groups is 2. The van der Waals surface area contributed by atoms with E-state index in [-0.39, 0.29) is 11.8 Å². The Balaban J connectivity index is 1.50. The topological polar surface area (TPSA) is 61.4 Å². The smallest absolute Gasteiger partial charge is 0.251 e. The molecule has 5 nitrogen and oxygen atoms in total. The van der Waals surface area contributed by atoms with Gasteiger partial charge in [0.05, 0.1) is 0 Å². The first-order valence-electron chi connectivity index (χ1n) is 11.2. The molecule has 1 aliphatic rings. The fourth-order valence-electron chi connectivity index (χ4n) is 4.07. The van der Waals surface area contributed by atoms with E-state index in [1.54, 1.807) is 12.1 Å². The molecule has 32 heavy (non-hydrogen) atoms. The van der Waals surface area contributed by atoms with Gasteiger partial charge >= 0.3 is 0 Å². The van der Waals surface area contributed by atoms with Crippen LogP contribution >= 0.6 is 0 Å². The quantitative estimate of drug-likeness (QED) is 0.580. The van der Waals surface area contributed by atoms with Crippen molar-refractivity contribution in [3.8, 4) is 0 Å². The maximum absolute atomic E-state index is 13.2. The first kappa shape index (κ1) is 21.6. The van der Waals surface area contributed by atoms with Gasteiger partial charge in [-0.1, -0.05) is 48.5 Å². The molecule has 1 aliphatic heterocycles. The maximum atomic E-state index is 13.2. The molecule has 0 bridgehead atoms. The molecule has 0 radical (unpaired) electrons. The van der Waals surface area contributed by atoms with Crippen LogP contribution in [-0.4, -0.2) is 30.9 Å². The minimum absolute atomic E-state index is 0.227. The van der Waals surface area contributed by atoms with Crippen LogP contribution < -0.4 is 15.5 Å². The molecule has 1 atom stereocenters. The summed E-state index contributed by atoms with van der Waals surface area (Å²) >= 11 is 0. The monoisotopic (exact) mass is 427 g/mol. The van der Waals surface area contributed by atoms with Gasteiger partial charge in [-0.15, -0.1) is 0 Å². The summed E-state index contributed by atoms with van der Waals surface area (Å²) in [7, 11) is 0. The zero-order chi connectivity index (χ0) is 22.3. The van der Waals surface area contributed by atoms with Crippen LogP contribution in [-0.2, 0) is 11.2 Å². The third-order valence-corrected chi connectivity index (χ3v) is 5.88. The lowest BCUT2D eigenvalue weighted by Crippen LogP contribution is -2.45. The van der Waals surface area contributed by atoms with Crippen LogP contribution in [0, 0.1) is 6.92 Å². The number of aryl methyl sites for hydroxylation is 1. The van der Waals surface area contributed by atoms with E-state index in [4.69, 9.17) is 0 Å². The number of hydrogen-bond acceptors (Lipinski definition) is 3. The van der Waals surface area contributed by atoms with E-state index in [2.05, 4.69) is 27.7 Å². The number of hydrogen-bond donors (Lipinski definition) is 2. The van der Waals surface area contributed by atoms with Crippen molar-refractivity contribution in [2.24, 2.45) is 0 Å². The molecule has 0 aromatic heterocycles. The Morgan fingerprint density at radius 1 is 0.906 bits per heavy atom. The third kappa shape index (κ3) is 5.35. The molecule has 0 aliphatic carbocycles. The molecule has 0 unspecified atom stereocenters. The molecule has 1 saturated heterocycles. The molecule has 3 aromatic carbocycles. The third-order valence-electron chi connectivity index (χ3n) is 5.88. The second-order valence-corrected chi connectivity index (χ2v) is 8.26. The molecule has 4 rings (SSSR count). The number of anilines is 2. The molecule has 5 heteroatoms. The maximum Gasteiger partial charge on any atom is 0.251 e. The van der Waals surface area contributed by atoms with Crippen LogP contribution in [0.25, 0.3) is 0 Å². The van der Waals surface area contributed by atoms with Crippen molar-refractivity contribution in [2.45, 2.75) is 32.2 Å². The van der Waals surface area contributed by atoms with Crippen LogP contribution in [0.5, 0.6) is 0 Å². The van der Waals surface area contributed by atoms with Crippen LogP contribution in [0.1, 0.15) is 34.3 Å². The molecular weight excluding hydrogens is 398 g/mol. The summed E-state index contributed by atoms with van der Waals surface area (Å²) in [6.45, 7) is 4.16. The summed E-state index contributed by atoms with van der Waals surface area (Å²) in [5.41, 5.74) is 4.49. The Morgan fingerprint density at radius 3 is 2.22 bits per heavy atom. The normalized spacial score (nSPS) is 14.1. The fourth-order valence-corrected chi connectivity index (χ4v) is 4.07. The minimum atomic E-state index is -0.692. The van der Waals surface area contributed by atoms with E-state index in [0.29, 0.717) is 12.0 Å². The number of amides is 2. The lowest BCUT2D eigenvalue weighted by Gasteiger charge is -2.21. The SMILES string of the molecule is Cc1cc(N2CCCC2)ccc1NC(=O)[C@H](Cc1ccccc1)NC(=O)c1ccccc1. The van der Waals surface area contributed by atoms with Crippen LogP contribution in [0.4, 0.5) is 11.4 Å². The van der Waals surface area contributed by atoms with Crippen LogP contribution in [0.2, 0.25) is 0 Å². The van der Waals surface area contributed by atoms with Gasteiger partial charge in [0.2, 0.25) is 5.91 Å². The van der Waals surface area contributed by atoms with Gasteiger partial charge < -0.3 is 15.5 Å². The lowest BCUT2D eigenvalue weighted by molar-refractivity contribution is -0.118. The molecule has 3 aromatic rings. The number of nitrogens with one attached hydrogen (secondary N) is 2. The van der Waals surface area contributed by atoms with Gasteiger partial charge in [-0.2, -0.15) is 0 Å². The second-order valence-electron chi connectivity index (χ2n) is 8.26. The predicted molar refractivity (Wildman–Crippen MR) is 129 cm³/mol. The molecule has 164 valence electrons. The van der Waals surface area contributed by atoms with E-state index < -0.39 is 6.04 Å². The van der Waals surface area contributed by atoms with Crippen molar-refractivity contribution < 1.29 is 9.59 Å². The number of nitrogens with zero attached hydrogens (tertiary/aromatic N) is 1. The summed E-state index contributed by atoms with van der Waals surface area (Å²) in [6.07, 6.45) is 2.86. The lowest BCUT2D eigenvalue weighted by atomic mass is 10.0. The Labute approximate surface area is 189 Å². The fraction of sp³-hybridized carbons (Fsp3) is 0.259. The molecule has 0 saturated carbocycles. The number of rotatable bonds is 7. The standard InChI is InChI=1S/C27H29N3O2/c1-20-18-23(30-16-8-9-17-30)14-15-24(20)28-27(32)25(19-21-10-4-2-5-11-21)29-26(31)22-12-6-3-7-13-22/h2-7,10-15,18,25H,8-9,16-17,19H2,1H3,(H,28,32)(H,29,31)/t25-/m0/s1. The first-order valence-corrected chi connectivity index (χ1v) is 11.2. The largest absolute Gasteiger partial charge is 0.372 e. The van der Waals surface area contributed by atoms with Crippen molar-refractivity contribution in [1.29, 1.82) is 0 Å². The molecule has 2 amide bonds. The van der Waals surface area contributed by atoms with E-state index in [0.717, 1.165) is 29.9 Å².